The molecule has 25 heavy (non-hydrogen) atoms. The van der Waals surface area contributed by atoms with Crippen molar-refractivity contribution in [3.63, 3.8) is 0 Å². The molecule has 0 saturated heterocycles. The van der Waals surface area contributed by atoms with Gasteiger partial charge in [0.1, 0.15) is 0 Å². The van der Waals surface area contributed by atoms with Gasteiger partial charge in [0.15, 0.2) is 0 Å². The van der Waals surface area contributed by atoms with Gasteiger partial charge < -0.3 is 10.4 Å². The van der Waals surface area contributed by atoms with Crippen LogP contribution in [-0.4, -0.2) is 16.2 Å². The second kappa shape index (κ2) is 7.39. The Balaban J connectivity index is 1.59. The zero-order chi connectivity index (χ0) is 17.9. The molecule has 0 radical (unpaired) electrons. The van der Waals surface area contributed by atoms with Crippen LogP contribution >= 0.6 is 11.6 Å². The molecule has 1 aliphatic rings. The van der Waals surface area contributed by atoms with Crippen LogP contribution in [0.3, 0.4) is 0 Å². The molecular formula is C22H28ClNO. The van der Waals surface area contributed by atoms with Gasteiger partial charge in [0.05, 0.1) is 5.60 Å². The quantitative estimate of drug-likeness (QED) is 0.719. The molecule has 0 atom stereocenters. The fourth-order valence-corrected chi connectivity index (χ4v) is 4.16. The Morgan fingerprint density at radius 2 is 1.64 bits per heavy atom. The van der Waals surface area contributed by atoms with Crippen molar-refractivity contribution in [2.45, 2.75) is 57.1 Å². The SMILES string of the molecule is CC(C)(Nc1ccc(Cl)cc1)C1CCC(O)(Cc2ccccc2)CC1. The van der Waals surface area contributed by atoms with Crippen molar-refractivity contribution in [1.82, 2.24) is 0 Å². The van der Waals surface area contributed by atoms with E-state index in [2.05, 4.69) is 31.3 Å². The molecule has 2 aromatic carbocycles. The minimum Gasteiger partial charge on any atom is -0.390 e. The van der Waals surface area contributed by atoms with E-state index in [1.165, 1.54) is 5.56 Å². The highest BCUT2D eigenvalue weighted by molar-refractivity contribution is 6.30. The number of rotatable bonds is 5. The summed E-state index contributed by atoms with van der Waals surface area (Å²) in [6, 6.07) is 18.2. The van der Waals surface area contributed by atoms with E-state index < -0.39 is 5.60 Å². The first-order chi connectivity index (χ1) is 11.9. The molecule has 0 heterocycles. The smallest absolute Gasteiger partial charge is 0.0688 e. The first-order valence-corrected chi connectivity index (χ1v) is 9.54. The van der Waals surface area contributed by atoms with Crippen LogP contribution in [0.25, 0.3) is 0 Å². The lowest BCUT2D eigenvalue weighted by atomic mass is 9.70. The number of hydrogen-bond donors (Lipinski definition) is 2. The number of aliphatic hydroxyl groups is 1. The van der Waals surface area contributed by atoms with Gasteiger partial charge in [0.2, 0.25) is 0 Å². The number of anilines is 1. The van der Waals surface area contributed by atoms with Crippen molar-refractivity contribution in [3.05, 3.63) is 65.2 Å². The molecule has 1 aliphatic carbocycles. The number of hydrogen-bond acceptors (Lipinski definition) is 2. The average Bonchev–Trinajstić information content (AvgIpc) is 2.58. The van der Waals surface area contributed by atoms with Crippen LogP contribution in [0.15, 0.2) is 54.6 Å². The Hall–Kier alpha value is -1.51. The largest absolute Gasteiger partial charge is 0.390 e. The summed E-state index contributed by atoms with van der Waals surface area (Å²) in [7, 11) is 0. The summed E-state index contributed by atoms with van der Waals surface area (Å²) in [5.41, 5.74) is 1.75. The summed E-state index contributed by atoms with van der Waals surface area (Å²) in [5, 5.41) is 15.4. The predicted octanol–water partition coefficient (Wildman–Crippen LogP) is 5.69. The lowest BCUT2D eigenvalue weighted by molar-refractivity contribution is -0.0157. The van der Waals surface area contributed by atoms with Crippen LogP contribution in [0.1, 0.15) is 45.1 Å². The van der Waals surface area contributed by atoms with Crippen LogP contribution in [0.4, 0.5) is 5.69 Å². The normalized spacial score (nSPS) is 24.1. The summed E-state index contributed by atoms with van der Waals surface area (Å²) in [5.74, 6) is 0.541. The molecule has 1 saturated carbocycles. The Morgan fingerprint density at radius 3 is 2.24 bits per heavy atom. The van der Waals surface area contributed by atoms with Crippen LogP contribution in [0.2, 0.25) is 5.02 Å². The van der Waals surface area contributed by atoms with E-state index in [9.17, 15) is 5.11 Å². The summed E-state index contributed by atoms with van der Waals surface area (Å²) in [6.07, 6.45) is 4.55. The van der Waals surface area contributed by atoms with Crippen LogP contribution < -0.4 is 5.32 Å². The lowest BCUT2D eigenvalue weighted by Crippen LogP contribution is -2.45. The summed E-state index contributed by atoms with van der Waals surface area (Å²) < 4.78 is 0. The number of nitrogens with one attached hydrogen (secondary N) is 1. The minimum absolute atomic E-state index is 0.0120. The monoisotopic (exact) mass is 357 g/mol. The molecule has 0 bridgehead atoms. The maximum absolute atomic E-state index is 11.0. The third-order valence-electron chi connectivity index (χ3n) is 5.62. The lowest BCUT2D eigenvalue weighted by Gasteiger charge is -2.43. The van der Waals surface area contributed by atoms with Gasteiger partial charge in [0.25, 0.3) is 0 Å². The van der Waals surface area contributed by atoms with E-state index in [4.69, 9.17) is 11.6 Å². The molecule has 0 aromatic heterocycles. The third-order valence-corrected chi connectivity index (χ3v) is 5.88. The molecule has 3 heteroatoms. The van der Waals surface area contributed by atoms with Gasteiger partial charge in [-0.15, -0.1) is 0 Å². The fourth-order valence-electron chi connectivity index (χ4n) is 4.04. The molecule has 0 spiro atoms. The average molecular weight is 358 g/mol. The number of halogens is 1. The molecule has 0 aliphatic heterocycles. The van der Waals surface area contributed by atoms with E-state index in [1.54, 1.807) is 0 Å². The Kier molecular flexibility index (Phi) is 5.41. The summed E-state index contributed by atoms with van der Waals surface area (Å²) in [4.78, 5) is 0. The Bertz CT molecular complexity index is 673. The first kappa shape index (κ1) is 18.3. The van der Waals surface area contributed by atoms with Crippen molar-refractivity contribution in [2.24, 2.45) is 5.92 Å². The highest BCUT2D eigenvalue weighted by Crippen LogP contribution is 2.40. The van der Waals surface area contributed by atoms with E-state index in [0.29, 0.717) is 5.92 Å². The van der Waals surface area contributed by atoms with E-state index >= 15 is 0 Å². The van der Waals surface area contributed by atoms with Crippen molar-refractivity contribution in [2.75, 3.05) is 5.32 Å². The summed E-state index contributed by atoms with van der Waals surface area (Å²) in [6.45, 7) is 4.52. The van der Waals surface area contributed by atoms with Crippen molar-refractivity contribution in [3.8, 4) is 0 Å². The molecular weight excluding hydrogens is 330 g/mol. The second-order valence-electron chi connectivity index (χ2n) is 8.01. The molecule has 1 fully saturated rings. The molecule has 134 valence electrons. The molecule has 0 amide bonds. The molecule has 2 N–H and O–H groups in total. The Morgan fingerprint density at radius 1 is 1.04 bits per heavy atom. The van der Waals surface area contributed by atoms with Crippen LogP contribution in [-0.2, 0) is 6.42 Å². The van der Waals surface area contributed by atoms with Gasteiger partial charge >= 0.3 is 0 Å². The molecule has 2 aromatic rings. The van der Waals surface area contributed by atoms with E-state index in [1.807, 2.05) is 42.5 Å². The Labute approximate surface area is 156 Å². The van der Waals surface area contributed by atoms with E-state index in [-0.39, 0.29) is 5.54 Å². The van der Waals surface area contributed by atoms with Crippen molar-refractivity contribution < 1.29 is 5.11 Å². The minimum atomic E-state index is -0.561. The van der Waals surface area contributed by atoms with Gasteiger partial charge in [-0.25, -0.2) is 0 Å². The van der Waals surface area contributed by atoms with Gasteiger partial charge in [-0.1, -0.05) is 41.9 Å². The van der Waals surface area contributed by atoms with Gasteiger partial charge in [-0.2, -0.15) is 0 Å². The van der Waals surface area contributed by atoms with Gasteiger partial charge in [-0.05, 0) is 75.3 Å². The van der Waals surface area contributed by atoms with Crippen molar-refractivity contribution in [1.29, 1.82) is 0 Å². The predicted molar refractivity (Wildman–Crippen MR) is 106 cm³/mol. The second-order valence-corrected chi connectivity index (χ2v) is 8.45. The van der Waals surface area contributed by atoms with E-state index in [0.717, 1.165) is 42.8 Å². The third kappa shape index (κ3) is 4.77. The zero-order valence-electron chi connectivity index (χ0n) is 15.1. The van der Waals surface area contributed by atoms with Gasteiger partial charge in [-0.3, -0.25) is 0 Å². The maximum Gasteiger partial charge on any atom is 0.0688 e. The van der Waals surface area contributed by atoms with Crippen LogP contribution in [0.5, 0.6) is 0 Å². The fraction of sp³-hybridized carbons (Fsp3) is 0.455. The maximum atomic E-state index is 11.0. The highest BCUT2D eigenvalue weighted by atomic mass is 35.5. The molecule has 3 rings (SSSR count). The van der Waals surface area contributed by atoms with Crippen molar-refractivity contribution >= 4 is 17.3 Å². The zero-order valence-corrected chi connectivity index (χ0v) is 15.9. The number of benzene rings is 2. The first-order valence-electron chi connectivity index (χ1n) is 9.16. The standard InChI is InChI=1S/C22H28ClNO/c1-21(2,24-20-10-8-19(23)9-11-20)18-12-14-22(25,15-13-18)16-17-6-4-3-5-7-17/h3-11,18,24-25H,12-16H2,1-2H3. The molecule has 0 unspecified atom stereocenters. The van der Waals surface area contributed by atoms with Gasteiger partial charge in [0, 0.05) is 22.7 Å². The highest BCUT2D eigenvalue weighted by Gasteiger charge is 2.39. The summed E-state index contributed by atoms with van der Waals surface area (Å²) >= 11 is 5.97. The topological polar surface area (TPSA) is 32.3 Å². The molecule has 2 nitrogen and oxygen atoms in total. The van der Waals surface area contributed by atoms with Crippen LogP contribution in [0, 0.1) is 5.92 Å².